The van der Waals surface area contributed by atoms with Gasteiger partial charge in [-0.1, -0.05) is 0 Å². The van der Waals surface area contributed by atoms with Gasteiger partial charge in [-0.2, -0.15) is 15.6 Å². The lowest BCUT2D eigenvalue weighted by Crippen LogP contribution is -2.26. The standard InChI is InChI=1S/C23H21N9S/c1-33-20-4-8-27-23(18(20)10-25)31-9-5-15(12-31)19(2-6-24)32-13-16(11-30-32)21-17-3-7-26-22(17)29-14-28-21/h3-4,7-8,11,13-15,19H,2,5,9,12H2,1H3,(H,26,28,29)/t15?,19-/m0/s1. The maximum absolute atomic E-state index is 9.70. The Hall–Kier alpha value is -3.89. The van der Waals surface area contributed by atoms with E-state index in [4.69, 9.17) is 0 Å². The molecule has 1 aliphatic rings. The van der Waals surface area contributed by atoms with E-state index in [2.05, 4.69) is 42.1 Å². The van der Waals surface area contributed by atoms with Gasteiger partial charge in [0, 0.05) is 53.4 Å². The number of hydrogen-bond acceptors (Lipinski definition) is 8. The second-order valence-electron chi connectivity index (χ2n) is 7.92. The molecule has 1 aliphatic heterocycles. The highest BCUT2D eigenvalue weighted by Gasteiger charge is 2.33. The smallest absolute Gasteiger partial charge is 0.147 e. The molecule has 0 radical (unpaired) electrons. The molecule has 4 aromatic heterocycles. The average molecular weight is 456 g/mol. The van der Waals surface area contributed by atoms with Crippen molar-refractivity contribution in [2.45, 2.75) is 23.8 Å². The van der Waals surface area contributed by atoms with E-state index in [9.17, 15) is 10.5 Å². The van der Waals surface area contributed by atoms with Gasteiger partial charge in [0.1, 0.15) is 29.4 Å². The number of aromatic amines is 1. The first-order valence-electron chi connectivity index (χ1n) is 10.6. The molecule has 0 bridgehead atoms. The van der Waals surface area contributed by atoms with Crippen LogP contribution in [-0.2, 0) is 0 Å². The molecule has 9 nitrogen and oxygen atoms in total. The normalized spacial score (nSPS) is 16.6. The third kappa shape index (κ3) is 3.79. The first kappa shape index (κ1) is 21.0. The molecule has 0 spiro atoms. The zero-order valence-corrected chi connectivity index (χ0v) is 18.8. The molecule has 1 saturated heterocycles. The van der Waals surface area contributed by atoms with Gasteiger partial charge in [0.15, 0.2) is 0 Å². The lowest BCUT2D eigenvalue weighted by molar-refractivity contribution is 0.332. The quantitative estimate of drug-likeness (QED) is 0.436. The van der Waals surface area contributed by atoms with Gasteiger partial charge in [-0.05, 0) is 24.8 Å². The number of pyridine rings is 1. The first-order chi connectivity index (χ1) is 16.2. The Bertz CT molecular complexity index is 1380. The minimum Gasteiger partial charge on any atom is -0.355 e. The zero-order chi connectivity index (χ0) is 22.8. The first-order valence-corrected chi connectivity index (χ1v) is 11.8. The number of nitriles is 2. The van der Waals surface area contributed by atoms with E-state index in [-0.39, 0.29) is 12.0 Å². The summed E-state index contributed by atoms with van der Waals surface area (Å²) in [6.45, 7) is 1.51. The van der Waals surface area contributed by atoms with Gasteiger partial charge in [-0.3, -0.25) is 4.68 Å². The summed E-state index contributed by atoms with van der Waals surface area (Å²) in [5.41, 5.74) is 3.10. The highest BCUT2D eigenvalue weighted by molar-refractivity contribution is 7.98. The van der Waals surface area contributed by atoms with E-state index in [1.54, 1.807) is 24.2 Å². The number of rotatable bonds is 6. The second-order valence-corrected chi connectivity index (χ2v) is 8.77. The van der Waals surface area contributed by atoms with Crippen molar-refractivity contribution in [2.24, 2.45) is 5.92 Å². The van der Waals surface area contributed by atoms with E-state index in [1.165, 1.54) is 6.33 Å². The molecule has 164 valence electrons. The Labute approximate surface area is 195 Å². The summed E-state index contributed by atoms with van der Waals surface area (Å²) in [4.78, 5) is 19.4. The molecule has 1 fully saturated rings. The van der Waals surface area contributed by atoms with Crippen molar-refractivity contribution in [1.82, 2.24) is 29.7 Å². The SMILES string of the molecule is CSc1ccnc(N2CCC([C@H](CC#N)n3cc(-c4ncnc5[nH]ccc45)cn3)C2)c1C#N. The summed E-state index contributed by atoms with van der Waals surface area (Å²) in [7, 11) is 0. The number of nitrogens with zero attached hydrogens (tertiary/aromatic N) is 8. The number of nitrogens with one attached hydrogen (secondary N) is 1. The van der Waals surface area contributed by atoms with Gasteiger partial charge in [-0.15, -0.1) is 11.8 Å². The van der Waals surface area contributed by atoms with E-state index in [0.717, 1.165) is 52.5 Å². The van der Waals surface area contributed by atoms with Crippen molar-refractivity contribution in [3.8, 4) is 23.4 Å². The third-order valence-electron chi connectivity index (χ3n) is 6.16. The number of aromatic nitrogens is 6. The summed E-state index contributed by atoms with van der Waals surface area (Å²) in [6.07, 6.45) is 12.1. The Balaban J connectivity index is 1.42. The molecule has 10 heteroatoms. The van der Waals surface area contributed by atoms with E-state index >= 15 is 0 Å². The molecular formula is C23H21N9S. The molecule has 1 N–H and O–H groups in total. The maximum atomic E-state index is 9.70. The molecule has 0 amide bonds. The van der Waals surface area contributed by atoms with Crippen molar-refractivity contribution >= 4 is 28.6 Å². The Morgan fingerprint density at radius 3 is 3.00 bits per heavy atom. The fourth-order valence-electron chi connectivity index (χ4n) is 4.56. The predicted molar refractivity (Wildman–Crippen MR) is 125 cm³/mol. The minimum atomic E-state index is -0.0772. The minimum absolute atomic E-state index is 0.0772. The number of anilines is 1. The van der Waals surface area contributed by atoms with Crippen LogP contribution in [0.25, 0.3) is 22.3 Å². The van der Waals surface area contributed by atoms with Crippen LogP contribution >= 0.6 is 11.8 Å². The van der Waals surface area contributed by atoms with Gasteiger partial charge in [0.2, 0.25) is 0 Å². The van der Waals surface area contributed by atoms with Crippen LogP contribution < -0.4 is 4.90 Å². The monoisotopic (exact) mass is 455 g/mol. The third-order valence-corrected chi connectivity index (χ3v) is 6.94. The topological polar surface area (TPSA) is 123 Å². The largest absolute Gasteiger partial charge is 0.355 e. The van der Waals surface area contributed by atoms with E-state index in [0.29, 0.717) is 12.0 Å². The predicted octanol–water partition coefficient (Wildman–Crippen LogP) is 3.79. The average Bonchev–Trinajstić information content (AvgIpc) is 3.62. The zero-order valence-electron chi connectivity index (χ0n) is 18.0. The maximum Gasteiger partial charge on any atom is 0.147 e. The lowest BCUT2D eigenvalue weighted by Gasteiger charge is -2.23. The fraction of sp³-hybridized carbons (Fsp3) is 0.304. The summed E-state index contributed by atoms with van der Waals surface area (Å²) in [5.74, 6) is 0.931. The Morgan fingerprint density at radius 2 is 2.18 bits per heavy atom. The van der Waals surface area contributed by atoms with Crippen molar-refractivity contribution in [3.05, 3.63) is 48.8 Å². The molecule has 0 saturated carbocycles. The molecule has 5 rings (SSSR count). The van der Waals surface area contributed by atoms with Crippen molar-refractivity contribution < 1.29 is 0 Å². The molecule has 0 aromatic carbocycles. The van der Waals surface area contributed by atoms with Crippen molar-refractivity contribution in [3.63, 3.8) is 0 Å². The number of fused-ring (bicyclic) bond motifs is 1. The van der Waals surface area contributed by atoms with Crippen LogP contribution in [0, 0.1) is 28.6 Å². The summed E-state index contributed by atoms with van der Waals surface area (Å²) >= 11 is 1.55. The molecule has 5 heterocycles. The van der Waals surface area contributed by atoms with Crippen LogP contribution in [0.4, 0.5) is 5.82 Å². The number of thioether (sulfide) groups is 1. The number of hydrogen-bond donors (Lipinski definition) is 1. The van der Waals surface area contributed by atoms with Gasteiger partial charge in [0.05, 0.1) is 30.4 Å². The van der Waals surface area contributed by atoms with Crippen LogP contribution in [-0.4, -0.2) is 49.1 Å². The van der Waals surface area contributed by atoms with Gasteiger partial charge >= 0.3 is 0 Å². The summed E-state index contributed by atoms with van der Waals surface area (Å²) in [5, 5.41) is 24.8. The van der Waals surface area contributed by atoms with Crippen LogP contribution in [0.1, 0.15) is 24.4 Å². The van der Waals surface area contributed by atoms with Gasteiger partial charge < -0.3 is 9.88 Å². The molecule has 0 aliphatic carbocycles. The second kappa shape index (κ2) is 8.93. The highest BCUT2D eigenvalue weighted by Crippen LogP contribution is 2.36. The van der Waals surface area contributed by atoms with Gasteiger partial charge in [-0.25, -0.2) is 15.0 Å². The van der Waals surface area contributed by atoms with Crippen LogP contribution in [0.15, 0.2) is 48.1 Å². The van der Waals surface area contributed by atoms with Crippen LogP contribution in [0.2, 0.25) is 0 Å². The van der Waals surface area contributed by atoms with Crippen LogP contribution in [0.3, 0.4) is 0 Å². The molecule has 2 atom stereocenters. The Kier molecular flexibility index (Phi) is 5.68. The lowest BCUT2D eigenvalue weighted by atomic mass is 9.96. The van der Waals surface area contributed by atoms with Crippen molar-refractivity contribution in [2.75, 3.05) is 24.2 Å². The summed E-state index contributed by atoms with van der Waals surface area (Å²) in [6, 6.07) is 8.40. The summed E-state index contributed by atoms with van der Waals surface area (Å²) < 4.78 is 1.89. The molecule has 4 aromatic rings. The molecule has 1 unspecified atom stereocenters. The fourth-order valence-corrected chi connectivity index (χ4v) is 5.09. The Morgan fingerprint density at radius 1 is 1.27 bits per heavy atom. The number of H-pyrrole nitrogens is 1. The molecule has 33 heavy (non-hydrogen) atoms. The highest BCUT2D eigenvalue weighted by atomic mass is 32.2. The van der Waals surface area contributed by atoms with Crippen LogP contribution in [0.5, 0.6) is 0 Å². The van der Waals surface area contributed by atoms with E-state index in [1.807, 2.05) is 35.5 Å². The van der Waals surface area contributed by atoms with E-state index < -0.39 is 0 Å². The molecular weight excluding hydrogens is 434 g/mol. The van der Waals surface area contributed by atoms with Crippen molar-refractivity contribution in [1.29, 1.82) is 10.5 Å². The van der Waals surface area contributed by atoms with Gasteiger partial charge in [0.25, 0.3) is 0 Å².